The molecule has 2 N–H and O–H groups in total. The third-order valence-electron chi connectivity index (χ3n) is 4.27. The van der Waals surface area contributed by atoms with E-state index in [1.165, 1.54) is 0 Å². The van der Waals surface area contributed by atoms with Gasteiger partial charge in [-0.25, -0.2) is 4.98 Å². The zero-order chi connectivity index (χ0) is 19.7. The number of rotatable bonds is 4. The average molecular weight is 412 g/mol. The van der Waals surface area contributed by atoms with E-state index < -0.39 is 0 Å². The molecule has 0 saturated carbocycles. The van der Waals surface area contributed by atoms with Gasteiger partial charge in [-0.2, -0.15) is 0 Å². The molecule has 0 aliphatic heterocycles. The number of hydrogen-bond acceptors (Lipinski definition) is 3. The first kappa shape index (κ1) is 18.3. The number of halogens is 2. The molecule has 0 fully saturated rings. The topological polar surface area (TPSA) is 67.0 Å². The third-order valence-corrected chi connectivity index (χ3v) is 4.90. The second-order valence-corrected chi connectivity index (χ2v) is 6.91. The van der Waals surface area contributed by atoms with Gasteiger partial charge in [0.05, 0.1) is 33.8 Å². The minimum Gasteiger partial charge on any atom is -0.497 e. The normalized spacial score (nSPS) is 10.8. The minimum atomic E-state index is -0.234. The molecule has 0 aliphatic rings. The van der Waals surface area contributed by atoms with Gasteiger partial charge in [0.2, 0.25) is 0 Å². The van der Waals surface area contributed by atoms with Crippen LogP contribution < -0.4 is 10.1 Å². The monoisotopic (exact) mass is 411 g/mol. The maximum atomic E-state index is 12.6. The predicted octanol–water partition coefficient (Wildman–Crippen LogP) is 5.80. The van der Waals surface area contributed by atoms with E-state index in [-0.39, 0.29) is 5.91 Å². The predicted molar refractivity (Wildman–Crippen MR) is 112 cm³/mol. The molecule has 28 heavy (non-hydrogen) atoms. The van der Waals surface area contributed by atoms with Crippen LogP contribution in [0.3, 0.4) is 0 Å². The van der Waals surface area contributed by atoms with Gasteiger partial charge in [0.15, 0.2) is 0 Å². The average Bonchev–Trinajstić information content (AvgIpc) is 3.10. The van der Waals surface area contributed by atoms with E-state index in [1.54, 1.807) is 55.6 Å². The Morgan fingerprint density at radius 3 is 2.54 bits per heavy atom. The minimum absolute atomic E-state index is 0.234. The summed E-state index contributed by atoms with van der Waals surface area (Å²) in [5.41, 5.74) is 3.20. The van der Waals surface area contributed by atoms with Crippen molar-refractivity contribution in [1.29, 1.82) is 0 Å². The summed E-state index contributed by atoms with van der Waals surface area (Å²) in [5.74, 6) is 0.987. The Kier molecular flexibility index (Phi) is 4.94. The van der Waals surface area contributed by atoms with Crippen molar-refractivity contribution in [2.24, 2.45) is 0 Å². The van der Waals surface area contributed by atoms with E-state index in [0.29, 0.717) is 49.5 Å². The van der Waals surface area contributed by atoms with Crippen LogP contribution in [0.1, 0.15) is 10.4 Å². The maximum absolute atomic E-state index is 12.6. The summed E-state index contributed by atoms with van der Waals surface area (Å²) in [4.78, 5) is 20.3. The molecule has 0 aliphatic carbocycles. The zero-order valence-corrected chi connectivity index (χ0v) is 16.3. The van der Waals surface area contributed by atoms with Gasteiger partial charge in [-0.1, -0.05) is 35.3 Å². The number of nitrogens with one attached hydrogen (secondary N) is 2. The molecule has 7 heteroatoms. The number of fused-ring (bicyclic) bond motifs is 1. The fraction of sp³-hybridized carbons (Fsp3) is 0.0476. The summed E-state index contributed by atoms with van der Waals surface area (Å²) >= 11 is 12.5. The van der Waals surface area contributed by atoms with Crippen LogP contribution in [0.4, 0.5) is 5.69 Å². The number of benzene rings is 3. The second-order valence-electron chi connectivity index (χ2n) is 6.10. The van der Waals surface area contributed by atoms with Crippen LogP contribution in [0.2, 0.25) is 10.0 Å². The van der Waals surface area contributed by atoms with Gasteiger partial charge in [-0.05, 0) is 42.5 Å². The van der Waals surface area contributed by atoms with Crippen molar-refractivity contribution < 1.29 is 9.53 Å². The summed E-state index contributed by atoms with van der Waals surface area (Å²) in [7, 11) is 1.58. The Hall–Kier alpha value is -3.02. The molecule has 0 bridgehead atoms. The van der Waals surface area contributed by atoms with E-state index in [1.807, 2.05) is 12.1 Å². The summed E-state index contributed by atoms with van der Waals surface area (Å²) < 4.78 is 5.18. The molecular formula is C21H15Cl2N3O2. The number of H-pyrrole nitrogens is 1. The summed E-state index contributed by atoms with van der Waals surface area (Å²) in [6.07, 6.45) is 0. The van der Waals surface area contributed by atoms with Crippen LogP contribution in [0.15, 0.2) is 60.7 Å². The number of aromatic nitrogens is 2. The lowest BCUT2D eigenvalue weighted by molar-refractivity contribution is 0.102. The molecule has 0 atom stereocenters. The maximum Gasteiger partial charge on any atom is 0.255 e. The molecule has 1 amide bonds. The van der Waals surface area contributed by atoms with Gasteiger partial charge in [0, 0.05) is 17.3 Å². The Balaban J connectivity index is 1.65. The number of anilines is 1. The van der Waals surface area contributed by atoms with Gasteiger partial charge in [0.25, 0.3) is 5.91 Å². The van der Waals surface area contributed by atoms with E-state index in [0.717, 1.165) is 0 Å². The Morgan fingerprint density at radius 1 is 1.04 bits per heavy atom. The highest BCUT2D eigenvalue weighted by atomic mass is 35.5. The molecule has 0 spiro atoms. The standard InChI is InChI=1S/C21H15Cl2N3O2/c1-28-14-5-2-4-13(11-14)24-21(27)12-8-9-17-18(10-12)26-20(25-17)19-15(22)6-3-7-16(19)23/h2-11H,1H3,(H,24,27)(H,25,26). The van der Waals surface area contributed by atoms with Crippen LogP contribution >= 0.6 is 23.2 Å². The van der Waals surface area contributed by atoms with Gasteiger partial charge in [-0.15, -0.1) is 0 Å². The van der Waals surface area contributed by atoms with Crippen molar-refractivity contribution in [2.75, 3.05) is 12.4 Å². The van der Waals surface area contributed by atoms with Gasteiger partial charge in [-0.3, -0.25) is 4.79 Å². The number of nitrogens with zero attached hydrogens (tertiary/aromatic N) is 1. The lowest BCUT2D eigenvalue weighted by Crippen LogP contribution is -2.11. The summed E-state index contributed by atoms with van der Waals surface area (Å²) in [6.45, 7) is 0. The number of methoxy groups -OCH3 is 1. The molecule has 0 radical (unpaired) electrons. The smallest absolute Gasteiger partial charge is 0.255 e. The fourth-order valence-corrected chi connectivity index (χ4v) is 3.47. The number of carbonyl (C=O) groups is 1. The third kappa shape index (κ3) is 3.54. The lowest BCUT2D eigenvalue weighted by atomic mass is 10.2. The molecule has 0 saturated heterocycles. The SMILES string of the molecule is COc1cccc(NC(=O)c2ccc3nc(-c4c(Cl)cccc4Cl)[nH]c3c2)c1. The number of ether oxygens (including phenoxy) is 1. The molecule has 5 nitrogen and oxygen atoms in total. The second kappa shape index (κ2) is 7.54. The molecule has 4 rings (SSSR count). The molecule has 3 aromatic carbocycles. The van der Waals surface area contributed by atoms with Crippen LogP contribution in [0, 0.1) is 0 Å². The first-order valence-electron chi connectivity index (χ1n) is 8.45. The number of hydrogen-bond donors (Lipinski definition) is 2. The number of carbonyl (C=O) groups excluding carboxylic acids is 1. The zero-order valence-electron chi connectivity index (χ0n) is 14.8. The largest absolute Gasteiger partial charge is 0.497 e. The van der Waals surface area contributed by atoms with E-state index in [4.69, 9.17) is 27.9 Å². The van der Waals surface area contributed by atoms with Crippen molar-refractivity contribution >= 4 is 45.8 Å². The Morgan fingerprint density at radius 2 is 1.79 bits per heavy atom. The quantitative estimate of drug-likeness (QED) is 0.445. The van der Waals surface area contributed by atoms with Crippen LogP contribution in [0.25, 0.3) is 22.4 Å². The van der Waals surface area contributed by atoms with Crippen molar-refractivity contribution in [2.45, 2.75) is 0 Å². The molecule has 1 heterocycles. The van der Waals surface area contributed by atoms with E-state index in [2.05, 4.69) is 15.3 Å². The Bertz CT molecular complexity index is 1170. The van der Waals surface area contributed by atoms with Gasteiger partial charge >= 0.3 is 0 Å². The van der Waals surface area contributed by atoms with E-state index >= 15 is 0 Å². The molecule has 1 aromatic heterocycles. The van der Waals surface area contributed by atoms with Crippen LogP contribution in [0.5, 0.6) is 5.75 Å². The molecule has 140 valence electrons. The summed E-state index contributed by atoms with van der Waals surface area (Å²) in [5, 5.41) is 3.86. The lowest BCUT2D eigenvalue weighted by Gasteiger charge is -2.07. The van der Waals surface area contributed by atoms with Crippen molar-refractivity contribution in [3.05, 3.63) is 76.3 Å². The highest BCUT2D eigenvalue weighted by Gasteiger charge is 2.14. The molecule has 4 aromatic rings. The van der Waals surface area contributed by atoms with Crippen molar-refractivity contribution in [3.63, 3.8) is 0 Å². The number of imidazole rings is 1. The van der Waals surface area contributed by atoms with E-state index in [9.17, 15) is 4.79 Å². The Labute approximate surface area is 171 Å². The first-order valence-corrected chi connectivity index (χ1v) is 9.20. The van der Waals surface area contributed by atoms with Gasteiger partial charge < -0.3 is 15.0 Å². The summed E-state index contributed by atoms with van der Waals surface area (Å²) in [6, 6.07) is 17.7. The van der Waals surface area contributed by atoms with Crippen LogP contribution in [-0.4, -0.2) is 23.0 Å². The van der Waals surface area contributed by atoms with Crippen molar-refractivity contribution in [3.8, 4) is 17.1 Å². The fourth-order valence-electron chi connectivity index (χ4n) is 2.90. The first-order chi connectivity index (χ1) is 13.5. The van der Waals surface area contributed by atoms with Crippen LogP contribution in [-0.2, 0) is 0 Å². The van der Waals surface area contributed by atoms with Crippen molar-refractivity contribution in [1.82, 2.24) is 9.97 Å². The number of amides is 1. The molecule has 0 unspecified atom stereocenters. The molecular weight excluding hydrogens is 397 g/mol. The number of aromatic amines is 1. The highest BCUT2D eigenvalue weighted by molar-refractivity contribution is 6.39. The highest BCUT2D eigenvalue weighted by Crippen LogP contribution is 2.34. The van der Waals surface area contributed by atoms with Gasteiger partial charge in [0.1, 0.15) is 11.6 Å².